The van der Waals surface area contributed by atoms with E-state index in [1.54, 1.807) is 24.3 Å². The SMILES string of the molecule is CC(C)c1ccc(NC(=O)Nc2ccc(NS(=O)O)cc2)cc1. The maximum absolute atomic E-state index is 11.9. The molecule has 0 aromatic heterocycles. The van der Waals surface area contributed by atoms with Gasteiger partial charge in [0.25, 0.3) is 11.3 Å². The van der Waals surface area contributed by atoms with E-state index in [1.807, 2.05) is 24.3 Å². The number of urea groups is 1. The number of carbonyl (C=O) groups is 1. The van der Waals surface area contributed by atoms with Crippen LogP contribution < -0.4 is 15.4 Å². The van der Waals surface area contributed by atoms with Crippen LogP contribution in [-0.2, 0) is 11.3 Å². The Bertz CT molecular complexity index is 685. The van der Waals surface area contributed by atoms with Crippen molar-refractivity contribution in [3.8, 4) is 0 Å². The standard InChI is InChI=1S/C16H19N3O3S/c1-11(2)12-3-5-13(6-4-12)17-16(20)18-14-7-9-15(10-8-14)19-23(21)22/h3-11,19H,1-2H3,(H,21,22)(H2,17,18,20). The summed E-state index contributed by atoms with van der Waals surface area (Å²) in [6.07, 6.45) is 0. The van der Waals surface area contributed by atoms with Crippen molar-refractivity contribution in [2.24, 2.45) is 0 Å². The molecular formula is C16H19N3O3S. The topological polar surface area (TPSA) is 90.5 Å². The van der Waals surface area contributed by atoms with Crippen molar-refractivity contribution in [1.82, 2.24) is 0 Å². The highest BCUT2D eigenvalue weighted by Gasteiger charge is 2.04. The van der Waals surface area contributed by atoms with E-state index in [0.717, 1.165) is 0 Å². The van der Waals surface area contributed by atoms with Crippen LogP contribution in [0.1, 0.15) is 25.3 Å². The van der Waals surface area contributed by atoms with Gasteiger partial charge in [0.05, 0.1) is 0 Å². The number of anilines is 3. The molecule has 1 unspecified atom stereocenters. The number of benzene rings is 2. The number of hydrogen-bond acceptors (Lipinski definition) is 2. The lowest BCUT2D eigenvalue weighted by Crippen LogP contribution is -2.19. The van der Waals surface area contributed by atoms with Crippen LogP contribution in [0, 0.1) is 0 Å². The average Bonchev–Trinajstić information content (AvgIpc) is 2.49. The van der Waals surface area contributed by atoms with E-state index in [9.17, 15) is 9.00 Å². The minimum Gasteiger partial charge on any atom is -0.308 e. The molecule has 2 aromatic carbocycles. The van der Waals surface area contributed by atoms with E-state index in [2.05, 4.69) is 29.2 Å². The van der Waals surface area contributed by atoms with Crippen LogP contribution in [0.5, 0.6) is 0 Å². The second-order valence-electron chi connectivity index (χ2n) is 5.28. The van der Waals surface area contributed by atoms with Gasteiger partial charge in [-0.2, -0.15) is 0 Å². The van der Waals surface area contributed by atoms with Gasteiger partial charge in [-0.15, -0.1) is 0 Å². The van der Waals surface area contributed by atoms with Gasteiger partial charge in [-0.05, 0) is 47.9 Å². The predicted molar refractivity (Wildman–Crippen MR) is 94.0 cm³/mol. The molecule has 2 amide bonds. The Morgan fingerprint density at radius 2 is 1.35 bits per heavy atom. The van der Waals surface area contributed by atoms with Gasteiger partial charge < -0.3 is 10.6 Å². The molecule has 0 aliphatic carbocycles. The predicted octanol–water partition coefficient (Wildman–Crippen LogP) is 4.00. The van der Waals surface area contributed by atoms with E-state index in [4.69, 9.17) is 4.55 Å². The maximum Gasteiger partial charge on any atom is 0.323 e. The Hall–Kier alpha value is -2.38. The smallest absolute Gasteiger partial charge is 0.308 e. The summed E-state index contributed by atoms with van der Waals surface area (Å²) in [4.78, 5) is 11.9. The van der Waals surface area contributed by atoms with Crippen molar-refractivity contribution in [2.45, 2.75) is 19.8 Å². The van der Waals surface area contributed by atoms with Gasteiger partial charge in [0.15, 0.2) is 0 Å². The molecule has 0 spiro atoms. The molecule has 23 heavy (non-hydrogen) atoms. The van der Waals surface area contributed by atoms with E-state index in [0.29, 0.717) is 23.0 Å². The highest BCUT2D eigenvalue weighted by molar-refractivity contribution is 7.80. The summed E-state index contributed by atoms with van der Waals surface area (Å²) >= 11 is -2.12. The van der Waals surface area contributed by atoms with E-state index in [1.165, 1.54) is 5.56 Å². The zero-order valence-corrected chi connectivity index (χ0v) is 13.7. The quantitative estimate of drug-likeness (QED) is 0.623. The van der Waals surface area contributed by atoms with Gasteiger partial charge in [0.2, 0.25) is 0 Å². The van der Waals surface area contributed by atoms with Crippen LogP contribution in [-0.4, -0.2) is 14.8 Å². The van der Waals surface area contributed by atoms with Crippen molar-refractivity contribution >= 4 is 34.4 Å². The first-order valence-electron chi connectivity index (χ1n) is 7.09. The van der Waals surface area contributed by atoms with Gasteiger partial charge in [0.1, 0.15) is 0 Å². The third-order valence-electron chi connectivity index (χ3n) is 3.18. The third kappa shape index (κ3) is 5.39. The first kappa shape index (κ1) is 17.0. The van der Waals surface area contributed by atoms with Gasteiger partial charge in [-0.1, -0.05) is 26.0 Å². The fourth-order valence-corrected chi connectivity index (χ4v) is 2.30. The molecule has 0 radical (unpaired) electrons. The highest BCUT2D eigenvalue weighted by Crippen LogP contribution is 2.18. The van der Waals surface area contributed by atoms with E-state index >= 15 is 0 Å². The summed E-state index contributed by atoms with van der Waals surface area (Å²) in [6.45, 7) is 4.22. The largest absolute Gasteiger partial charge is 0.323 e. The lowest BCUT2D eigenvalue weighted by Gasteiger charge is -2.10. The number of carbonyl (C=O) groups excluding carboxylic acids is 1. The molecule has 0 heterocycles. The van der Waals surface area contributed by atoms with Crippen LogP contribution in [0.4, 0.5) is 21.9 Å². The fraction of sp³-hybridized carbons (Fsp3) is 0.188. The second kappa shape index (κ2) is 7.75. The highest BCUT2D eigenvalue weighted by atomic mass is 32.2. The summed E-state index contributed by atoms with van der Waals surface area (Å²) in [5, 5.41) is 5.44. The zero-order chi connectivity index (χ0) is 16.8. The normalized spacial score (nSPS) is 11.8. The Morgan fingerprint density at radius 1 is 0.913 bits per heavy atom. The van der Waals surface area contributed by atoms with Crippen LogP contribution in [0.25, 0.3) is 0 Å². The number of amides is 2. The number of nitrogens with one attached hydrogen (secondary N) is 3. The summed E-state index contributed by atoms with van der Waals surface area (Å²) in [7, 11) is 0. The molecule has 0 saturated heterocycles. The molecule has 0 saturated carbocycles. The van der Waals surface area contributed by atoms with Gasteiger partial charge in [0, 0.05) is 17.1 Å². The molecule has 0 aliphatic rings. The lowest BCUT2D eigenvalue weighted by atomic mass is 10.0. The summed E-state index contributed by atoms with van der Waals surface area (Å²) in [5.74, 6) is 0.443. The molecule has 122 valence electrons. The first-order chi connectivity index (χ1) is 10.9. The molecule has 4 N–H and O–H groups in total. The monoisotopic (exact) mass is 333 g/mol. The Labute approximate surface area is 137 Å². The van der Waals surface area contributed by atoms with Crippen LogP contribution in [0.3, 0.4) is 0 Å². The summed E-state index contributed by atoms with van der Waals surface area (Å²) in [5.41, 5.74) is 2.98. The lowest BCUT2D eigenvalue weighted by molar-refractivity contribution is 0.262. The molecule has 1 atom stereocenters. The van der Waals surface area contributed by atoms with Crippen molar-refractivity contribution in [3.05, 3.63) is 54.1 Å². The van der Waals surface area contributed by atoms with Gasteiger partial charge >= 0.3 is 6.03 Å². The van der Waals surface area contributed by atoms with Crippen LogP contribution >= 0.6 is 0 Å². The van der Waals surface area contributed by atoms with Crippen molar-refractivity contribution < 1.29 is 13.6 Å². The summed E-state index contributed by atoms with van der Waals surface area (Å²) < 4.78 is 21.7. The van der Waals surface area contributed by atoms with Crippen molar-refractivity contribution in [3.63, 3.8) is 0 Å². The minimum absolute atomic E-state index is 0.353. The van der Waals surface area contributed by atoms with Crippen molar-refractivity contribution in [1.29, 1.82) is 0 Å². The Morgan fingerprint density at radius 3 is 1.78 bits per heavy atom. The Kier molecular flexibility index (Phi) is 5.72. The molecule has 0 bridgehead atoms. The van der Waals surface area contributed by atoms with Gasteiger partial charge in [-0.3, -0.25) is 9.27 Å². The number of hydrogen-bond donors (Lipinski definition) is 4. The molecular weight excluding hydrogens is 314 g/mol. The molecule has 6 nitrogen and oxygen atoms in total. The van der Waals surface area contributed by atoms with Crippen molar-refractivity contribution in [2.75, 3.05) is 15.4 Å². The maximum atomic E-state index is 11.9. The second-order valence-corrected chi connectivity index (χ2v) is 5.99. The van der Waals surface area contributed by atoms with Crippen LogP contribution in [0.2, 0.25) is 0 Å². The Balaban J connectivity index is 1.92. The summed E-state index contributed by atoms with van der Waals surface area (Å²) in [6, 6.07) is 13.8. The molecule has 2 rings (SSSR count). The molecule has 2 aromatic rings. The zero-order valence-electron chi connectivity index (χ0n) is 12.9. The first-order valence-corrected chi connectivity index (χ1v) is 8.20. The van der Waals surface area contributed by atoms with Crippen LogP contribution in [0.15, 0.2) is 48.5 Å². The fourth-order valence-electron chi connectivity index (χ4n) is 1.97. The van der Waals surface area contributed by atoms with E-state index < -0.39 is 11.3 Å². The molecule has 7 heteroatoms. The molecule has 0 aliphatic heterocycles. The molecule has 0 fully saturated rings. The minimum atomic E-state index is -2.12. The average molecular weight is 333 g/mol. The van der Waals surface area contributed by atoms with Gasteiger partial charge in [-0.25, -0.2) is 9.00 Å². The third-order valence-corrected chi connectivity index (χ3v) is 3.59. The van der Waals surface area contributed by atoms with E-state index in [-0.39, 0.29) is 6.03 Å². The number of rotatable bonds is 5.